The second-order valence-electron chi connectivity index (χ2n) is 7.07. The molecule has 1 fully saturated rings. The van der Waals surface area contributed by atoms with Gasteiger partial charge in [-0.1, -0.05) is 18.2 Å². The fraction of sp³-hybridized carbons (Fsp3) is 0.450. The molecule has 0 spiro atoms. The van der Waals surface area contributed by atoms with Crippen LogP contribution in [0.2, 0.25) is 0 Å². The Balaban J connectivity index is 2.02. The standard InChI is InChI=1S/C20H25NO3/c1-21(2)13-17-7-8-18(22)12-20(17,23)16-6-4-15-11-19(24-3)9-5-14(15)10-16/h4-6,9-11,17,23H,7-8,12-13H2,1-3H3. The van der Waals surface area contributed by atoms with Crippen LogP contribution in [-0.2, 0) is 10.4 Å². The molecule has 128 valence electrons. The van der Waals surface area contributed by atoms with Gasteiger partial charge in [-0.25, -0.2) is 0 Å². The molecule has 1 N–H and O–H groups in total. The smallest absolute Gasteiger partial charge is 0.136 e. The highest BCUT2D eigenvalue weighted by Gasteiger charge is 2.43. The Hall–Kier alpha value is -1.91. The number of aliphatic hydroxyl groups is 1. The SMILES string of the molecule is COc1ccc2cc(C3(O)CC(=O)CCC3CN(C)C)ccc2c1. The van der Waals surface area contributed by atoms with Crippen molar-refractivity contribution in [3.63, 3.8) is 0 Å². The third-order valence-corrected chi connectivity index (χ3v) is 5.05. The number of carbonyl (C=O) groups is 1. The van der Waals surface area contributed by atoms with Crippen molar-refractivity contribution in [3.05, 3.63) is 42.0 Å². The van der Waals surface area contributed by atoms with Gasteiger partial charge in [-0.05, 0) is 55.1 Å². The van der Waals surface area contributed by atoms with E-state index >= 15 is 0 Å². The van der Waals surface area contributed by atoms with Gasteiger partial charge in [-0.15, -0.1) is 0 Å². The first-order chi connectivity index (χ1) is 11.4. The highest BCUT2D eigenvalue weighted by Crippen LogP contribution is 2.41. The van der Waals surface area contributed by atoms with Crippen molar-refractivity contribution >= 4 is 16.6 Å². The Morgan fingerprint density at radius 1 is 1.21 bits per heavy atom. The molecule has 0 radical (unpaired) electrons. The minimum absolute atomic E-state index is 0.0564. The number of Topliss-reactive ketones (excluding diaryl/α,β-unsaturated/α-hetero) is 1. The molecule has 4 heteroatoms. The van der Waals surface area contributed by atoms with Crippen LogP contribution in [-0.4, -0.2) is 43.5 Å². The molecule has 0 aromatic heterocycles. The highest BCUT2D eigenvalue weighted by molar-refractivity contribution is 5.85. The van der Waals surface area contributed by atoms with Crippen LogP contribution in [0.5, 0.6) is 5.75 Å². The number of ether oxygens (including phenoxy) is 1. The number of nitrogens with zero attached hydrogens (tertiary/aromatic N) is 1. The topological polar surface area (TPSA) is 49.8 Å². The zero-order chi connectivity index (χ0) is 17.3. The fourth-order valence-electron chi connectivity index (χ4n) is 3.75. The predicted molar refractivity (Wildman–Crippen MR) is 95.3 cm³/mol. The van der Waals surface area contributed by atoms with Crippen molar-refractivity contribution < 1.29 is 14.6 Å². The molecule has 0 amide bonds. The second-order valence-corrected chi connectivity index (χ2v) is 7.07. The molecular weight excluding hydrogens is 302 g/mol. The van der Waals surface area contributed by atoms with Gasteiger partial charge in [0.2, 0.25) is 0 Å². The van der Waals surface area contributed by atoms with Gasteiger partial charge >= 0.3 is 0 Å². The third-order valence-electron chi connectivity index (χ3n) is 5.05. The summed E-state index contributed by atoms with van der Waals surface area (Å²) >= 11 is 0. The number of ketones is 1. The lowest BCUT2D eigenvalue weighted by atomic mass is 9.70. The van der Waals surface area contributed by atoms with E-state index in [0.29, 0.717) is 6.42 Å². The summed E-state index contributed by atoms with van der Waals surface area (Å²) in [5.41, 5.74) is -0.256. The summed E-state index contributed by atoms with van der Waals surface area (Å²) in [5.74, 6) is 1.01. The van der Waals surface area contributed by atoms with Crippen LogP contribution >= 0.6 is 0 Å². The second kappa shape index (κ2) is 6.54. The molecule has 0 bridgehead atoms. The molecule has 1 saturated carbocycles. The van der Waals surface area contributed by atoms with Gasteiger partial charge < -0.3 is 14.7 Å². The maximum atomic E-state index is 12.0. The number of methoxy groups -OCH3 is 1. The van der Waals surface area contributed by atoms with Gasteiger partial charge in [-0.3, -0.25) is 4.79 Å². The number of fused-ring (bicyclic) bond motifs is 1. The third kappa shape index (κ3) is 3.17. The van der Waals surface area contributed by atoms with Crippen LogP contribution in [0.15, 0.2) is 36.4 Å². The Morgan fingerprint density at radius 3 is 2.62 bits per heavy atom. The van der Waals surface area contributed by atoms with E-state index < -0.39 is 5.60 Å². The molecule has 2 aromatic rings. The zero-order valence-electron chi connectivity index (χ0n) is 14.6. The average Bonchev–Trinajstić information content (AvgIpc) is 2.56. The van der Waals surface area contributed by atoms with Crippen molar-refractivity contribution in [2.45, 2.75) is 24.9 Å². The van der Waals surface area contributed by atoms with Gasteiger partial charge in [0.1, 0.15) is 17.1 Å². The van der Waals surface area contributed by atoms with E-state index in [0.717, 1.165) is 35.1 Å². The summed E-state index contributed by atoms with van der Waals surface area (Å²) in [6.07, 6.45) is 1.49. The molecule has 24 heavy (non-hydrogen) atoms. The Morgan fingerprint density at radius 2 is 1.92 bits per heavy atom. The molecule has 0 aliphatic heterocycles. The lowest BCUT2D eigenvalue weighted by Gasteiger charge is -2.41. The number of hydrogen-bond acceptors (Lipinski definition) is 4. The van der Waals surface area contributed by atoms with Crippen molar-refractivity contribution in [2.75, 3.05) is 27.7 Å². The van der Waals surface area contributed by atoms with E-state index in [9.17, 15) is 9.90 Å². The van der Waals surface area contributed by atoms with Crippen LogP contribution in [0.4, 0.5) is 0 Å². The normalized spacial score (nSPS) is 24.5. The van der Waals surface area contributed by atoms with Crippen molar-refractivity contribution in [1.29, 1.82) is 0 Å². The van der Waals surface area contributed by atoms with Crippen LogP contribution in [0.3, 0.4) is 0 Å². The Labute approximate surface area is 143 Å². The molecule has 2 aromatic carbocycles. The van der Waals surface area contributed by atoms with E-state index in [1.165, 1.54) is 0 Å². The van der Waals surface area contributed by atoms with Crippen LogP contribution in [0.25, 0.3) is 10.8 Å². The highest BCUT2D eigenvalue weighted by atomic mass is 16.5. The lowest BCUT2D eigenvalue weighted by Crippen LogP contribution is -2.45. The summed E-state index contributed by atoms with van der Waals surface area (Å²) in [6.45, 7) is 0.768. The summed E-state index contributed by atoms with van der Waals surface area (Å²) < 4.78 is 5.26. The first-order valence-electron chi connectivity index (χ1n) is 8.39. The monoisotopic (exact) mass is 327 g/mol. The molecule has 2 atom stereocenters. The predicted octanol–water partition coefficient (Wildman–Crippen LogP) is 2.97. The van der Waals surface area contributed by atoms with Gasteiger partial charge in [0.15, 0.2) is 0 Å². The lowest BCUT2D eigenvalue weighted by molar-refractivity contribution is -0.135. The maximum Gasteiger partial charge on any atom is 0.136 e. The fourth-order valence-corrected chi connectivity index (χ4v) is 3.75. The Bertz CT molecular complexity index is 756. The van der Waals surface area contributed by atoms with Crippen molar-refractivity contribution in [3.8, 4) is 5.75 Å². The molecule has 1 aliphatic rings. The Kier molecular flexibility index (Phi) is 4.61. The first-order valence-corrected chi connectivity index (χ1v) is 8.39. The number of carbonyl (C=O) groups excluding carboxylic acids is 1. The van der Waals surface area contributed by atoms with E-state index in [-0.39, 0.29) is 18.1 Å². The van der Waals surface area contributed by atoms with Crippen LogP contribution in [0.1, 0.15) is 24.8 Å². The molecule has 4 nitrogen and oxygen atoms in total. The minimum atomic E-state index is -1.09. The number of rotatable bonds is 4. The number of benzene rings is 2. The average molecular weight is 327 g/mol. The van der Waals surface area contributed by atoms with Crippen molar-refractivity contribution in [2.24, 2.45) is 5.92 Å². The maximum absolute atomic E-state index is 12.0. The van der Waals surface area contributed by atoms with E-state index in [2.05, 4.69) is 4.90 Å². The molecule has 0 saturated heterocycles. The molecule has 3 rings (SSSR count). The van der Waals surface area contributed by atoms with Gasteiger partial charge in [0.25, 0.3) is 0 Å². The number of hydrogen-bond donors (Lipinski definition) is 1. The summed E-state index contributed by atoms with van der Waals surface area (Å²) in [4.78, 5) is 14.1. The van der Waals surface area contributed by atoms with E-state index in [1.54, 1.807) is 7.11 Å². The summed E-state index contributed by atoms with van der Waals surface area (Å²) in [6, 6.07) is 11.8. The molecule has 0 heterocycles. The summed E-state index contributed by atoms with van der Waals surface area (Å²) in [5, 5.41) is 13.5. The first kappa shape index (κ1) is 16.9. The molecule has 2 unspecified atom stereocenters. The minimum Gasteiger partial charge on any atom is -0.497 e. The van der Waals surface area contributed by atoms with E-state index in [4.69, 9.17) is 4.74 Å². The molecular formula is C20H25NO3. The van der Waals surface area contributed by atoms with Crippen LogP contribution < -0.4 is 4.74 Å². The quantitative estimate of drug-likeness (QED) is 0.938. The van der Waals surface area contributed by atoms with Crippen molar-refractivity contribution in [1.82, 2.24) is 4.90 Å². The van der Waals surface area contributed by atoms with Gasteiger partial charge in [-0.2, -0.15) is 0 Å². The summed E-state index contributed by atoms with van der Waals surface area (Å²) in [7, 11) is 5.66. The molecule has 1 aliphatic carbocycles. The van der Waals surface area contributed by atoms with Gasteiger partial charge in [0.05, 0.1) is 7.11 Å². The van der Waals surface area contributed by atoms with Crippen LogP contribution in [0, 0.1) is 5.92 Å². The van der Waals surface area contributed by atoms with E-state index in [1.807, 2.05) is 50.5 Å². The zero-order valence-corrected chi connectivity index (χ0v) is 14.6. The van der Waals surface area contributed by atoms with Gasteiger partial charge in [0, 0.05) is 25.3 Å². The largest absolute Gasteiger partial charge is 0.497 e.